The first kappa shape index (κ1) is 22.1. The average molecular weight is 449 g/mol. The molecular weight excluding hydrogens is 420 g/mol. The zero-order valence-corrected chi connectivity index (χ0v) is 18.8. The van der Waals surface area contributed by atoms with Crippen LogP contribution in [-0.4, -0.2) is 47.6 Å². The van der Waals surface area contributed by atoms with Crippen molar-refractivity contribution >= 4 is 23.5 Å². The van der Waals surface area contributed by atoms with Gasteiger partial charge < -0.3 is 25.2 Å². The Hall–Kier alpha value is -4.14. The number of carbonyl (C=O) groups excluding carboxylic acids is 1. The SMILES string of the molecule is COc1ccc2c(c1)CCC(N=C/C(=N\N)c1ccc(-n3cnc(C)c3)c(OC)c1)C(=O)N2.[HH]. The normalized spacial score (nSPS) is 16.3. The highest BCUT2D eigenvalue weighted by atomic mass is 16.5. The summed E-state index contributed by atoms with van der Waals surface area (Å²) in [7, 11) is 3.22. The van der Waals surface area contributed by atoms with E-state index >= 15 is 0 Å². The Kier molecular flexibility index (Phi) is 6.39. The molecule has 0 spiro atoms. The quantitative estimate of drug-likeness (QED) is 0.341. The first-order valence-corrected chi connectivity index (χ1v) is 10.5. The number of methoxy groups -OCH3 is 2. The number of benzene rings is 2. The minimum atomic E-state index is -0.560. The van der Waals surface area contributed by atoms with Crippen LogP contribution in [0.4, 0.5) is 5.69 Å². The van der Waals surface area contributed by atoms with Crippen molar-refractivity contribution in [3.63, 3.8) is 0 Å². The monoisotopic (exact) mass is 448 g/mol. The second kappa shape index (κ2) is 9.56. The van der Waals surface area contributed by atoms with Crippen molar-refractivity contribution in [2.24, 2.45) is 15.9 Å². The molecule has 3 N–H and O–H groups in total. The van der Waals surface area contributed by atoms with E-state index in [1.807, 2.05) is 54.1 Å². The minimum Gasteiger partial charge on any atom is -0.497 e. The Bertz CT molecular complexity index is 1240. The molecule has 2 aromatic carbocycles. The fourth-order valence-electron chi connectivity index (χ4n) is 3.75. The molecule has 172 valence electrons. The number of nitrogens with zero attached hydrogens (tertiary/aromatic N) is 4. The van der Waals surface area contributed by atoms with Gasteiger partial charge in [0.15, 0.2) is 0 Å². The molecule has 0 fully saturated rings. The van der Waals surface area contributed by atoms with Crippen molar-refractivity contribution in [1.29, 1.82) is 0 Å². The highest BCUT2D eigenvalue weighted by molar-refractivity contribution is 6.38. The van der Waals surface area contributed by atoms with E-state index in [-0.39, 0.29) is 7.33 Å². The van der Waals surface area contributed by atoms with Gasteiger partial charge >= 0.3 is 0 Å². The lowest BCUT2D eigenvalue weighted by Crippen LogP contribution is -2.25. The van der Waals surface area contributed by atoms with Gasteiger partial charge in [0, 0.05) is 18.9 Å². The number of ether oxygens (including phenoxy) is 2. The van der Waals surface area contributed by atoms with Crippen LogP contribution >= 0.6 is 0 Å². The van der Waals surface area contributed by atoms with E-state index in [4.69, 9.17) is 15.3 Å². The van der Waals surface area contributed by atoms with Crippen molar-refractivity contribution in [3.8, 4) is 17.2 Å². The van der Waals surface area contributed by atoms with Crippen molar-refractivity contribution in [2.75, 3.05) is 19.5 Å². The predicted molar refractivity (Wildman–Crippen MR) is 130 cm³/mol. The number of rotatable bonds is 6. The number of hydrogen-bond acceptors (Lipinski definition) is 7. The van der Waals surface area contributed by atoms with Gasteiger partial charge in [-0.1, -0.05) is 6.07 Å². The average Bonchev–Trinajstić information content (AvgIpc) is 3.20. The van der Waals surface area contributed by atoms with E-state index in [0.717, 1.165) is 33.9 Å². The second-order valence-electron chi connectivity index (χ2n) is 7.67. The summed E-state index contributed by atoms with van der Waals surface area (Å²) in [6.07, 6.45) is 6.42. The fourth-order valence-corrected chi connectivity index (χ4v) is 3.75. The van der Waals surface area contributed by atoms with Gasteiger partial charge in [-0.3, -0.25) is 9.79 Å². The van der Waals surface area contributed by atoms with E-state index in [9.17, 15) is 4.79 Å². The minimum absolute atomic E-state index is 0. The molecule has 2 heterocycles. The van der Waals surface area contributed by atoms with Gasteiger partial charge in [-0.15, -0.1) is 0 Å². The van der Waals surface area contributed by atoms with Crippen LogP contribution in [0.15, 0.2) is 59.0 Å². The maximum atomic E-state index is 12.7. The third-order valence-electron chi connectivity index (χ3n) is 5.54. The molecule has 9 nitrogen and oxygen atoms in total. The van der Waals surface area contributed by atoms with Crippen LogP contribution in [0.25, 0.3) is 5.69 Å². The number of carbonyl (C=O) groups is 1. The number of amides is 1. The molecule has 9 heteroatoms. The highest BCUT2D eigenvalue weighted by Crippen LogP contribution is 2.28. The Morgan fingerprint density at radius 3 is 2.82 bits per heavy atom. The van der Waals surface area contributed by atoms with Crippen LogP contribution in [0, 0.1) is 6.92 Å². The first-order valence-electron chi connectivity index (χ1n) is 10.5. The number of imidazole rings is 1. The maximum Gasteiger partial charge on any atom is 0.249 e. The van der Waals surface area contributed by atoms with E-state index in [1.165, 1.54) is 6.21 Å². The third kappa shape index (κ3) is 4.72. The van der Waals surface area contributed by atoms with Gasteiger partial charge in [-0.25, -0.2) is 4.98 Å². The molecule has 0 saturated heterocycles. The van der Waals surface area contributed by atoms with Crippen LogP contribution in [0.2, 0.25) is 0 Å². The summed E-state index contributed by atoms with van der Waals surface area (Å²) >= 11 is 0. The van der Waals surface area contributed by atoms with E-state index in [0.29, 0.717) is 24.3 Å². The summed E-state index contributed by atoms with van der Waals surface area (Å²) in [5.74, 6) is 6.88. The predicted octanol–water partition coefficient (Wildman–Crippen LogP) is 3.13. The number of nitrogens with one attached hydrogen (secondary N) is 1. The summed E-state index contributed by atoms with van der Waals surface area (Å²) in [6.45, 7) is 1.92. The van der Waals surface area contributed by atoms with Gasteiger partial charge in [-0.05, 0) is 55.7 Å². The Morgan fingerprint density at radius 2 is 2.12 bits per heavy atom. The Balaban J connectivity index is 0.00000324. The number of aryl methyl sites for hydroxylation is 2. The lowest BCUT2D eigenvalue weighted by atomic mass is 10.1. The van der Waals surface area contributed by atoms with Crippen molar-refractivity contribution < 1.29 is 15.7 Å². The molecule has 1 aliphatic rings. The van der Waals surface area contributed by atoms with Crippen molar-refractivity contribution in [2.45, 2.75) is 25.8 Å². The van der Waals surface area contributed by atoms with Gasteiger partial charge in [0.1, 0.15) is 23.3 Å². The second-order valence-corrected chi connectivity index (χ2v) is 7.67. The number of aliphatic imine (C=N–C) groups is 1. The van der Waals surface area contributed by atoms with Crippen LogP contribution < -0.4 is 20.6 Å². The van der Waals surface area contributed by atoms with Gasteiger partial charge in [0.2, 0.25) is 5.91 Å². The molecule has 1 amide bonds. The number of hydrazone groups is 1. The van der Waals surface area contributed by atoms with Crippen LogP contribution in [0.5, 0.6) is 11.5 Å². The van der Waals surface area contributed by atoms with E-state index < -0.39 is 6.04 Å². The fraction of sp³-hybridized carbons (Fsp3) is 0.250. The zero-order chi connectivity index (χ0) is 23.4. The molecule has 3 aromatic rings. The molecule has 1 unspecified atom stereocenters. The molecule has 1 aromatic heterocycles. The van der Waals surface area contributed by atoms with Crippen molar-refractivity contribution in [1.82, 2.24) is 9.55 Å². The highest BCUT2D eigenvalue weighted by Gasteiger charge is 2.23. The number of nitrogens with two attached hydrogens (primary N) is 1. The topological polar surface area (TPSA) is 116 Å². The molecule has 0 aliphatic carbocycles. The standard InChI is InChI=1S/C24H26N6O3.H2/c1-15-13-30(14-27-15)22-9-5-17(11-23(22)33-3)21(29-25)12-26-20-7-4-16-10-18(32-2)6-8-19(16)28-24(20)31;/h5-6,8-14,20H,4,7,25H2,1-3H3,(H,28,31);1H/b26-12?,29-21+;. The lowest BCUT2D eigenvalue weighted by Gasteiger charge is -2.12. The van der Waals surface area contributed by atoms with Crippen LogP contribution in [-0.2, 0) is 11.2 Å². The summed E-state index contributed by atoms with van der Waals surface area (Å²) in [4.78, 5) is 21.5. The van der Waals surface area contributed by atoms with Gasteiger partial charge in [0.05, 0.1) is 38.1 Å². The first-order chi connectivity index (χ1) is 16.0. The largest absolute Gasteiger partial charge is 0.497 e. The smallest absolute Gasteiger partial charge is 0.249 e. The maximum absolute atomic E-state index is 12.7. The van der Waals surface area contributed by atoms with E-state index in [2.05, 4.69) is 20.4 Å². The summed E-state index contributed by atoms with van der Waals surface area (Å²) in [6, 6.07) is 10.7. The zero-order valence-electron chi connectivity index (χ0n) is 18.8. The number of aromatic nitrogens is 2. The molecule has 1 aliphatic heterocycles. The number of fused-ring (bicyclic) bond motifs is 1. The molecule has 0 bridgehead atoms. The Labute approximate surface area is 193 Å². The van der Waals surface area contributed by atoms with Crippen LogP contribution in [0.1, 0.15) is 24.7 Å². The van der Waals surface area contributed by atoms with Gasteiger partial charge in [0.25, 0.3) is 0 Å². The lowest BCUT2D eigenvalue weighted by molar-refractivity contribution is -0.117. The Morgan fingerprint density at radius 1 is 1.27 bits per heavy atom. The van der Waals surface area contributed by atoms with Gasteiger partial charge in [-0.2, -0.15) is 5.10 Å². The summed E-state index contributed by atoms with van der Waals surface area (Å²) in [5.41, 5.74) is 4.70. The van der Waals surface area contributed by atoms with E-state index in [1.54, 1.807) is 20.5 Å². The molecule has 0 radical (unpaired) electrons. The van der Waals surface area contributed by atoms with Crippen LogP contribution in [0.3, 0.4) is 0 Å². The molecule has 1 atom stereocenters. The molecule has 4 rings (SSSR count). The number of anilines is 1. The number of hydrogen-bond donors (Lipinski definition) is 2. The molecule has 0 saturated carbocycles. The molecule has 33 heavy (non-hydrogen) atoms. The third-order valence-corrected chi connectivity index (χ3v) is 5.54. The summed E-state index contributed by atoms with van der Waals surface area (Å²) in [5, 5.41) is 6.82. The van der Waals surface area contributed by atoms with Crippen molar-refractivity contribution in [3.05, 3.63) is 65.7 Å². The summed E-state index contributed by atoms with van der Waals surface area (Å²) < 4.78 is 12.7. The molecular formula is C24H28N6O3.